The number of aliphatic carboxylic acids is 1. The van der Waals surface area contributed by atoms with Gasteiger partial charge in [-0.05, 0) is 12.8 Å². The molecule has 0 aliphatic heterocycles. The second kappa shape index (κ2) is 18.4. The topological polar surface area (TPSA) is 113 Å². The molecule has 2 amide bonds. The molecular weight excluding hydrogens is 360 g/mol. The van der Waals surface area contributed by atoms with Gasteiger partial charge in [-0.3, -0.25) is 19.2 Å². The first-order valence-corrected chi connectivity index (χ1v) is 10.6. The second-order valence-electron chi connectivity index (χ2n) is 7.20. The predicted octanol–water partition coefficient (Wildman–Crippen LogP) is 3.26. The van der Waals surface area contributed by atoms with Crippen LogP contribution in [0.4, 0.5) is 0 Å². The highest BCUT2D eigenvalue weighted by atomic mass is 16.4. The Morgan fingerprint density at radius 2 is 1.39 bits per heavy atom. The molecule has 0 aromatic heterocycles. The number of rotatable bonds is 19. The molecule has 7 nitrogen and oxygen atoms in total. The molecule has 161 valence electrons. The van der Waals surface area contributed by atoms with Crippen molar-refractivity contribution in [1.82, 2.24) is 10.6 Å². The van der Waals surface area contributed by atoms with Crippen molar-refractivity contribution in [1.29, 1.82) is 0 Å². The number of hydrogen-bond acceptors (Lipinski definition) is 4. The molecule has 1 radical (unpaired) electrons. The van der Waals surface area contributed by atoms with E-state index in [1.807, 2.05) is 0 Å². The van der Waals surface area contributed by atoms with E-state index in [9.17, 15) is 19.2 Å². The number of nitrogens with one attached hydrogen (secondary N) is 2. The molecule has 0 heterocycles. The Morgan fingerprint density at radius 1 is 0.857 bits per heavy atom. The Balaban J connectivity index is 3.87. The third kappa shape index (κ3) is 16.3. The van der Waals surface area contributed by atoms with E-state index in [2.05, 4.69) is 17.6 Å². The van der Waals surface area contributed by atoms with Crippen LogP contribution in [-0.2, 0) is 19.2 Å². The van der Waals surface area contributed by atoms with Gasteiger partial charge in [0.05, 0.1) is 6.54 Å². The van der Waals surface area contributed by atoms with Crippen LogP contribution in [-0.4, -0.2) is 41.8 Å². The zero-order valence-electron chi connectivity index (χ0n) is 17.3. The number of carboxylic acids is 1. The predicted molar refractivity (Wildman–Crippen MR) is 109 cm³/mol. The van der Waals surface area contributed by atoms with E-state index in [0.717, 1.165) is 19.3 Å². The van der Waals surface area contributed by atoms with E-state index in [1.165, 1.54) is 57.7 Å². The lowest BCUT2D eigenvalue weighted by atomic mass is 10.0. The molecule has 0 aromatic rings. The molecule has 28 heavy (non-hydrogen) atoms. The highest BCUT2D eigenvalue weighted by molar-refractivity contribution is 5.88. The molecule has 0 spiro atoms. The largest absolute Gasteiger partial charge is 0.481 e. The summed E-state index contributed by atoms with van der Waals surface area (Å²) >= 11 is 0. The minimum atomic E-state index is -1.04. The molecule has 0 saturated heterocycles. The molecule has 0 aliphatic rings. The first kappa shape index (κ1) is 26.1. The summed E-state index contributed by atoms with van der Waals surface area (Å²) in [6, 6.07) is -0.940. The summed E-state index contributed by atoms with van der Waals surface area (Å²) in [4.78, 5) is 44.9. The van der Waals surface area contributed by atoms with Crippen molar-refractivity contribution in [2.45, 2.75) is 103 Å². The third-order valence-corrected chi connectivity index (χ3v) is 4.64. The smallest absolute Gasteiger partial charge is 0.303 e. The van der Waals surface area contributed by atoms with Crippen molar-refractivity contribution in [3.63, 3.8) is 0 Å². The first-order valence-electron chi connectivity index (χ1n) is 10.6. The van der Waals surface area contributed by atoms with Gasteiger partial charge in [0.25, 0.3) is 0 Å². The number of unbranched alkanes of at least 4 members (excludes halogenated alkanes) is 10. The van der Waals surface area contributed by atoms with Crippen molar-refractivity contribution >= 4 is 24.1 Å². The molecule has 0 saturated carbocycles. The van der Waals surface area contributed by atoms with E-state index in [1.54, 1.807) is 0 Å². The highest BCUT2D eigenvalue weighted by Gasteiger charge is 2.21. The summed E-state index contributed by atoms with van der Waals surface area (Å²) in [6.07, 6.45) is 14.7. The molecule has 3 N–H and O–H groups in total. The van der Waals surface area contributed by atoms with Gasteiger partial charge < -0.3 is 15.7 Å². The highest BCUT2D eigenvalue weighted by Crippen LogP contribution is 2.12. The Morgan fingerprint density at radius 3 is 1.89 bits per heavy atom. The van der Waals surface area contributed by atoms with Gasteiger partial charge in [-0.25, -0.2) is 0 Å². The Hall–Kier alpha value is -1.92. The second-order valence-corrected chi connectivity index (χ2v) is 7.20. The normalized spacial score (nSPS) is 11.6. The van der Waals surface area contributed by atoms with Crippen molar-refractivity contribution in [2.75, 3.05) is 6.54 Å². The van der Waals surface area contributed by atoms with Crippen molar-refractivity contribution in [2.24, 2.45) is 0 Å². The summed E-state index contributed by atoms with van der Waals surface area (Å²) < 4.78 is 0. The Bertz CT molecular complexity index is 454. The zero-order valence-corrected chi connectivity index (χ0v) is 17.3. The minimum Gasteiger partial charge on any atom is -0.481 e. The summed E-state index contributed by atoms with van der Waals surface area (Å²) in [7, 11) is 0. The number of carboxylic acid groups (broad SMARTS) is 1. The number of carbonyl (C=O) groups is 3. The Kier molecular flexibility index (Phi) is 17.2. The van der Waals surface area contributed by atoms with Crippen molar-refractivity contribution < 1.29 is 24.3 Å². The molecule has 1 atom stereocenters. The maximum Gasteiger partial charge on any atom is 0.303 e. The van der Waals surface area contributed by atoms with E-state index < -0.39 is 17.9 Å². The van der Waals surface area contributed by atoms with Gasteiger partial charge in [0, 0.05) is 12.8 Å². The number of amides is 2. The maximum atomic E-state index is 12.0. The van der Waals surface area contributed by atoms with Crippen LogP contribution in [0.1, 0.15) is 96.8 Å². The first-order chi connectivity index (χ1) is 13.5. The fourth-order valence-electron chi connectivity index (χ4n) is 3.00. The molecule has 0 aromatic carbocycles. The summed E-state index contributed by atoms with van der Waals surface area (Å²) in [5, 5.41) is 13.6. The standard InChI is InChI=1S/C21H37N2O5/c1-2-3-4-5-6-7-8-9-10-11-12-13-19(25)23-18(14-15-20(26)27)21(28)22-16-17-24/h18H,2-16H2,1H3,(H,22,28)(H,23,25)(H,26,27). The quantitative estimate of drug-likeness (QED) is 0.290. The van der Waals surface area contributed by atoms with Crippen LogP contribution in [0.2, 0.25) is 0 Å². The van der Waals surface area contributed by atoms with Crippen LogP contribution in [0.3, 0.4) is 0 Å². The molecule has 0 aliphatic carbocycles. The van der Waals surface area contributed by atoms with Gasteiger partial charge in [-0.1, -0.05) is 71.1 Å². The number of hydrogen-bond donors (Lipinski definition) is 3. The van der Waals surface area contributed by atoms with Crippen LogP contribution < -0.4 is 10.6 Å². The van der Waals surface area contributed by atoms with Crippen LogP contribution in [0.15, 0.2) is 0 Å². The molecule has 1 unspecified atom stereocenters. The van der Waals surface area contributed by atoms with Crippen LogP contribution >= 0.6 is 0 Å². The van der Waals surface area contributed by atoms with Crippen LogP contribution in [0, 0.1) is 0 Å². The lowest BCUT2D eigenvalue weighted by Crippen LogP contribution is -2.47. The summed E-state index contributed by atoms with van der Waals surface area (Å²) in [6.45, 7) is 1.94. The lowest BCUT2D eigenvalue weighted by Gasteiger charge is -2.17. The van der Waals surface area contributed by atoms with Gasteiger partial charge in [0.1, 0.15) is 6.04 Å². The van der Waals surface area contributed by atoms with E-state index in [0.29, 0.717) is 6.42 Å². The zero-order chi connectivity index (χ0) is 21.0. The number of carbonyl (C=O) groups excluding carboxylic acids is 3. The molecule has 0 fully saturated rings. The van der Waals surface area contributed by atoms with E-state index in [4.69, 9.17) is 5.11 Å². The summed E-state index contributed by atoms with van der Waals surface area (Å²) in [5.74, 6) is -1.87. The third-order valence-electron chi connectivity index (χ3n) is 4.64. The van der Waals surface area contributed by atoms with Gasteiger partial charge in [-0.15, -0.1) is 0 Å². The maximum absolute atomic E-state index is 12.0. The fraction of sp³-hybridized carbons (Fsp3) is 0.810. The van der Waals surface area contributed by atoms with Crippen LogP contribution in [0.25, 0.3) is 0 Å². The van der Waals surface area contributed by atoms with Gasteiger partial charge in [-0.2, -0.15) is 0 Å². The Labute approximate surface area is 169 Å². The minimum absolute atomic E-state index is 0.00990. The molecule has 7 heteroatoms. The van der Waals surface area contributed by atoms with Gasteiger partial charge in [0.2, 0.25) is 18.1 Å². The average molecular weight is 398 g/mol. The monoisotopic (exact) mass is 397 g/mol. The molecular formula is C21H37N2O5. The van der Waals surface area contributed by atoms with E-state index >= 15 is 0 Å². The van der Waals surface area contributed by atoms with Crippen LogP contribution in [0.5, 0.6) is 0 Å². The molecule has 0 rings (SSSR count). The van der Waals surface area contributed by atoms with E-state index in [-0.39, 0.29) is 25.3 Å². The van der Waals surface area contributed by atoms with Gasteiger partial charge in [0.15, 0.2) is 0 Å². The SMILES string of the molecule is CCCCCCCCCCCCCC(=O)NC(CCC(=O)O)C(=O)NC[C]=O. The molecule has 0 bridgehead atoms. The average Bonchev–Trinajstić information content (AvgIpc) is 2.67. The lowest BCUT2D eigenvalue weighted by molar-refractivity contribution is -0.138. The summed E-state index contributed by atoms with van der Waals surface area (Å²) in [5.41, 5.74) is 0. The van der Waals surface area contributed by atoms with Crippen molar-refractivity contribution in [3.05, 3.63) is 0 Å². The van der Waals surface area contributed by atoms with Crippen molar-refractivity contribution in [3.8, 4) is 0 Å². The van der Waals surface area contributed by atoms with Gasteiger partial charge >= 0.3 is 5.97 Å². The fourth-order valence-corrected chi connectivity index (χ4v) is 3.00.